The first-order chi connectivity index (χ1) is 17.9. The minimum atomic E-state index is -4.85. The summed E-state index contributed by atoms with van der Waals surface area (Å²) in [5.74, 6) is -1.60. The lowest BCUT2D eigenvalue weighted by atomic mass is 10.0. The second-order valence-corrected chi connectivity index (χ2v) is 11.2. The van der Waals surface area contributed by atoms with Crippen LogP contribution in [0.5, 0.6) is 0 Å². The molecule has 3 rings (SSSR count). The number of nitrogens with one attached hydrogen (secondary N) is 1. The van der Waals surface area contributed by atoms with Crippen LogP contribution in [-0.2, 0) is 29.0 Å². The number of aromatic nitrogens is 1. The van der Waals surface area contributed by atoms with Crippen LogP contribution in [0.2, 0.25) is 10.0 Å². The van der Waals surface area contributed by atoms with E-state index in [9.17, 15) is 26.0 Å². The van der Waals surface area contributed by atoms with Crippen LogP contribution in [-0.4, -0.2) is 43.9 Å². The van der Waals surface area contributed by atoms with Gasteiger partial charge in [-0.2, -0.15) is 13.2 Å². The Morgan fingerprint density at radius 2 is 1.66 bits per heavy atom. The Balaban J connectivity index is 1.94. The smallest absolute Gasteiger partial charge is 0.358 e. The molecule has 6 nitrogen and oxygen atoms in total. The number of benzene rings is 2. The zero-order chi connectivity index (χ0) is 28.1. The van der Waals surface area contributed by atoms with Crippen LogP contribution in [0.25, 0.3) is 11.3 Å². The molecule has 208 valence electrons. The molecule has 0 saturated heterocycles. The largest absolute Gasteiger partial charge is 0.419 e. The number of anilines is 1. The highest BCUT2D eigenvalue weighted by Gasteiger charge is 2.35. The molecule has 2 aromatic carbocycles. The predicted octanol–water partition coefficient (Wildman–Crippen LogP) is 7.07. The van der Waals surface area contributed by atoms with Gasteiger partial charge in [0.25, 0.3) is 0 Å². The number of nitrogens with zero attached hydrogens (tertiary/aromatic N) is 2. The van der Waals surface area contributed by atoms with E-state index in [1.54, 1.807) is 6.07 Å². The maximum absolute atomic E-state index is 14.6. The second-order valence-electron chi connectivity index (χ2n) is 8.50. The third kappa shape index (κ3) is 7.40. The zero-order valence-electron chi connectivity index (χ0n) is 20.7. The van der Waals surface area contributed by atoms with Crippen LogP contribution in [0, 0.1) is 5.82 Å². The van der Waals surface area contributed by atoms with Gasteiger partial charge in [0.2, 0.25) is 10.0 Å². The van der Waals surface area contributed by atoms with Crippen molar-refractivity contribution in [2.75, 3.05) is 30.1 Å². The Kier molecular flexibility index (Phi) is 10.1. The lowest BCUT2D eigenvalue weighted by molar-refractivity contribution is -0.140. The summed E-state index contributed by atoms with van der Waals surface area (Å²) in [6, 6.07) is 7.67. The van der Waals surface area contributed by atoms with Crippen LogP contribution < -0.4 is 4.72 Å². The molecule has 0 atom stereocenters. The first-order valence-electron chi connectivity index (χ1n) is 11.9. The summed E-state index contributed by atoms with van der Waals surface area (Å²) in [4.78, 5) is 2.08. The van der Waals surface area contributed by atoms with E-state index in [1.165, 1.54) is 18.2 Å². The molecular formula is C25H27Cl2F4N3O3S. The van der Waals surface area contributed by atoms with E-state index in [4.69, 9.17) is 27.7 Å². The van der Waals surface area contributed by atoms with E-state index < -0.39 is 27.6 Å². The first-order valence-corrected chi connectivity index (χ1v) is 14.3. The van der Waals surface area contributed by atoms with Gasteiger partial charge in [-0.1, -0.05) is 60.4 Å². The number of alkyl halides is 3. The van der Waals surface area contributed by atoms with Crippen molar-refractivity contribution in [2.45, 2.75) is 39.3 Å². The quantitative estimate of drug-likeness (QED) is 0.227. The minimum Gasteiger partial charge on any atom is -0.358 e. The Hall–Kier alpha value is -2.34. The van der Waals surface area contributed by atoms with Crippen LogP contribution in [0.4, 0.5) is 23.2 Å². The molecular weight excluding hydrogens is 569 g/mol. The number of aryl methyl sites for hydroxylation is 2. The summed E-state index contributed by atoms with van der Waals surface area (Å²) in [5.41, 5.74) is -1.40. The molecule has 0 spiro atoms. The topological polar surface area (TPSA) is 75.4 Å². The lowest BCUT2D eigenvalue weighted by Gasteiger charge is -2.18. The summed E-state index contributed by atoms with van der Waals surface area (Å²) < 4.78 is 87.8. The molecule has 13 heteroatoms. The van der Waals surface area contributed by atoms with Gasteiger partial charge < -0.3 is 9.42 Å². The molecule has 0 radical (unpaired) electrons. The summed E-state index contributed by atoms with van der Waals surface area (Å²) in [6.45, 7) is 6.09. The predicted molar refractivity (Wildman–Crippen MR) is 141 cm³/mol. The molecule has 1 heterocycles. The van der Waals surface area contributed by atoms with Crippen LogP contribution >= 0.6 is 23.2 Å². The van der Waals surface area contributed by atoms with Gasteiger partial charge in [-0.05, 0) is 56.2 Å². The van der Waals surface area contributed by atoms with Gasteiger partial charge in [-0.3, -0.25) is 4.72 Å². The standard InChI is InChI=1S/C25H27Cl2F4N3O3S/c1-3-34(4-2)14-7-15-38(35,36)33-23-20(37-32-24(23)21-18(26)10-6-11-19(21)27)13-12-16-8-5-9-17(22(16)28)25(29,30)31/h5-6,8-11,33H,3-4,7,12-15H2,1-2H3. The molecule has 3 aromatic rings. The van der Waals surface area contributed by atoms with Crippen LogP contribution in [0.1, 0.15) is 37.2 Å². The molecule has 0 bridgehead atoms. The van der Waals surface area contributed by atoms with Gasteiger partial charge >= 0.3 is 6.18 Å². The number of halogens is 6. The third-order valence-electron chi connectivity index (χ3n) is 6.01. The summed E-state index contributed by atoms with van der Waals surface area (Å²) >= 11 is 12.6. The Labute approximate surface area is 228 Å². The van der Waals surface area contributed by atoms with Crippen molar-refractivity contribution in [3.63, 3.8) is 0 Å². The van der Waals surface area contributed by atoms with Gasteiger partial charge in [0.15, 0.2) is 5.76 Å². The number of sulfonamides is 1. The van der Waals surface area contributed by atoms with E-state index in [1.807, 2.05) is 13.8 Å². The molecule has 1 N–H and O–H groups in total. The number of hydrogen-bond acceptors (Lipinski definition) is 5. The van der Waals surface area contributed by atoms with E-state index >= 15 is 0 Å². The van der Waals surface area contributed by atoms with E-state index in [-0.39, 0.29) is 56.9 Å². The van der Waals surface area contributed by atoms with Crippen molar-refractivity contribution < 1.29 is 30.5 Å². The fraction of sp³-hybridized carbons (Fsp3) is 0.400. The van der Waals surface area contributed by atoms with E-state index in [2.05, 4.69) is 14.8 Å². The second kappa shape index (κ2) is 12.7. The fourth-order valence-corrected chi connectivity index (χ4v) is 5.67. The summed E-state index contributed by atoms with van der Waals surface area (Å²) in [6.07, 6.45) is -4.86. The molecule has 0 amide bonds. The van der Waals surface area contributed by atoms with Crippen molar-refractivity contribution >= 4 is 38.9 Å². The molecule has 0 saturated carbocycles. The fourth-order valence-electron chi connectivity index (χ4n) is 3.96. The van der Waals surface area contributed by atoms with Crippen molar-refractivity contribution in [1.82, 2.24) is 10.1 Å². The molecule has 0 unspecified atom stereocenters. The van der Waals surface area contributed by atoms with Gasteiger partial charge in [0.1, 0.15) is 17.2 Å². The van der Waals surface area contributed by atoms with Crippen molar-refractivity contribution in [3.05, 3.63) is 69.1 Å². The van der Waals surface area contributed by atoms with Gasteiger partial charge in [0.05, 0.1) is 21.4 Å². The molecule has 0 fully saturated rings. The average Bonchev–Trinajstić information content (AvgIpc) is 3.21. The highest BCUT2D eigenvalue weighted by Crippen LogP contribution is 2.40. The molecule has 0 aliphatic heterocycles. The lowest BCUT2D eigenvalue weighted by Crippen LogP contribution is -2.27. The SMILES string of the molecule is CCN(CC)CCCS(=O)(=O)Nc1c(-c2c(Cl)cccc2Cl)noc1CCc1cccc(C(F)(F)F)c1F. The van der Waals surface area contributed by atoms with Crippen molar-refractivity contribution in [1.29, 1.82) is 0 Å². The van der Waals surface area contributed by atoms with E-state index in [0.29, 0.717) is 19.0 Å². The van der Waals surface area contributed by atoms with Crippen molar-refractivity contribution in [2.24, 2.45) is 0 Å². The minimum absolute atomic E-state index is 0.000107. The van der Waals surface area contributed by atoms with Crippen molar-refractivity contribution in [3.8, 4) is 11.3 Å². The van der Waals surface area contributed by atoms with Gasteiger partial charge in [0, 0.05) is 12.0 Å². The maximum Gasteiger partial charge on any atom is 0.419 e. The molecule has 1 aromatic heterocycles. The highest BCUT2D eigenvalue weighted by molar-refractivity contribution is 7.92. The van der Waals surface area contributed by atoms with Gasteiger partial charge in [-0.15, -0.1) is 0 Å². The summed E-state index contributed by atoms with van der Waals surface area (Å²) in [5, 5.41) is 4.33. The average molecular weight is 596 g/mol. The third-order valence-corrected chi connectivity index (χ3v) is 7.98. The number of hydrogen-bond donors (Lipinski definition) is 1. The van der Waals surface area contributed by atoms with E-state index in [0.717, 1.165) is 19.2 Å². The Morgan fingerprint density at radius 3 is 2.26 bits per heavy atom. The zero-order valence-corrected chi connectivity index (χ0v) is 23.0. The monoisotopic (exact) mass is 595 g/mol. The summed E-state index contributed by atoms with van der Waals surface area (Å²) in [7, 11) is -3.90. The molecule has 0 aliphatic carbocycles. The normalized spacial score (nSPS) is 12.3. The van der Waals surface area contributed by atoms with Crippen LogP contribution in [0.15, 0.2) is 40.9 Å². The van der Waals surface area contributed by atoms with Gasteiger partial charge in [-0.25, -0.2) is 12.8 Å². The highest BCUT2D eigenvalue weighted by atomic mass is 35.5. The molecule has 0 aliphatic rings. The maximum atomic E-state index is 14.6. The Bertz CT molecular complexity index is 1340. The molecule has 38 heavy (non-hydrogen) atoms. The Morgan fingerprint density at radius 1 is 1.03 bits per heavy atom. The number of rotatable bonds is 12. The first kappa shape index (κ1) is 30.2. The van der Waals surface area contributed by atoms with Crippen LogP contribution in [0.3, 0.4) is 0 Å².